The topological polar surface area (TPSA) is 61.4 Å². The molecule has 5 nitrogen and oxygen atoms in total. The lowest BCUT2D eigenvalue weighted by Gasteiger charge is -2.19. The van der Waals surface area contributed by atoms with Gasteiger partial charge in [-0.15, -0.1) is 0 Å². The van der Waals surface area contributed by atoms with Crippen LogP contribution in [0.15, 0.2) is 60.7 Å². The third-order valence-corrected chi connectivity index (χ3v) is 3.41. The van der Waals surface area contributed by atoms with Crippen molar-refractivity contribution in [3.8, 4) is 0 Å². The zero-order chi connectivity index (χ0) is 16.5. The van der Waals surface area contributed by atoms with Gasteiger partial charge in [-0.1, -0.05) is 36.4 Å². The van der Waals surface area contributed by atoms with Crippen LogP contribution in [0.25, 0.3) is 0 Å². The first-order valence-electron chi connectivity index (χ1n) is 7.53. The lowest BCUT2D eigenvalue weighted by atomic mass is 10.2. The summed E-state index contributed by atoms with van der Waals surface area (Å²) in [6.45, 7) is 1.19. The van der Waals surface area contributed by atoms with Crippen LogP contribution >= 0.6 is 0 Å². The molecule has 0 radical (unpaired) electrons. The van der Waals surface area contributed by atoms with Crippen LogP contribution in [0.1, 0.15) is 10.4 Å². The van der Waals surface area contributed by atoms with Crippen LogP contribution in [0.3, 0.4) is 0 Å². The van der Waals surface area contributed by atoms with Gasteiger partial charge in [0.25, 0.3) is 5.91 Å². The molecule has 0 aromatic heterocycles. The van der Waals surface area contributed by atoms with E-state index in [1.165, 1.54) is 0 Å². The molecule has 0 heterocycles. The van der Waals surface area contributed by atoms with Crippen LogP contribution in [0.4, 0.5) is 5.69 Å². The molecule has 0 bridgehead atoms. The summed E-state index contributed by atoms with van der Waals surface area (Å²) >= 11 is 0. The highest BCUT2D eigenvalue weighted by atomic mass is 16.2. The number of rotatable bonds is 7. The Morgan fingerprint density at radius 2 is 1.52 bits per heavy atom. The van der Waals surface area contributed by atoms with E-state index in [2.05, 4.69) is 15.5 Å². The number of nitrogens with zero attached hydrogens (tertiary/aromatic N) is 1. The number of benzene rings is 2. The highest BCUT2D eigenvalue weighted by Crippen LogP contribution is 2.09. The fraction of sp³-hybridized carbons (Fsp3) is 0.222. The first-order valence-corrected chi connectivity index (χ1v) is 7.53. The van der Waals surface area contributed by atoms with Crippen LogP contribution in [0.5, 0.6) is 0 Å². The summed E-state index contributed by atoms with van der Waals surface area (Å²) in [5.41, 5.74) is 1.64. The number of para-hydroxylation sites is 1. The molecule has 2 rings (SSSR count). The Morgan fingerprint density at radius 1 is 0.913 bits per heavy atom. The predicted molar refractivity (Wildman–Crippen MR) is 91.5 cm³/mol. The Hall–Kier alpha value is -2.82. The number of likely N-dealkylation sites (N-methyl/N-ethyl adjacent to an activating group) is 1. The van der Waals surface area contributed by atoms with Crippen molar-refractivity contribution in [1.82, 2.24) is 10.6 Å². The Morgan fingerprint density at radius 3 is 2.17 bits per heavy atom. The third-order valence-electron chi connectivity index (χ3n) is 3.41. The van der Waals surface area contributed by atoms with Gasteiger partial charge in [-0.05, 0) is 24.3 Å². The number of nitrogens with one attached hydrogen (secondary N) is 2. The standard InChI is InChI=1S/C18H21N3O2/c1-21(16-10-6-3-7-11-16)13-12-19-17(22)14-20-18(23)15-8-4-2-5-9-15/h2-11H,12-14H2,1H3,(H,19,22)(H,20,23). The van der Waals surface area contributed by atoms with Gasteiger partial charge in [-0.3, -0.25) is 9.59 Å². The molecule has 0 aliphatic rings. The van der Waals surface area contributed by atoms with Crippen LogP contribution in [-0.4, -0.2) is 38.5 Å². The van der Waals surface area contributed by atoms with Gasteiger partial charge in [0.05, 0.1) is 6.54 Å². The van der Waals surface area contributed by atoms with E-state index in [1.807, 2.05) is 43.4 Å². The predicted octanol–water partition coefficient (Wildman–Crippen LogP) is 1.67. The Labute approximate surface area is 136 Å². The summed E-state index contributed by atoms with van der Waals surface area (Å²) in [6, 6.07) is 18.8. The Kier molecular flexibility index (Phi) is 6.17. The number of hydrogen-bond acceptors (Lipinski definition) is 3. The molecule has 0 unspecified atom stereocenters. The van der Waals surface area contributed by atoms with Gasteiger partial charge in [-0.25, -0.2) is 0 Å². The first kappa shape index (κ1) is 16.5. The molecule has 0 saturated heterocycles. The molecular weight excluding hydrogens is 290 g/mol. The zero-order valence-electron chi connectivity index (χ0n) is 13.2. The maximum absolute atomic E-state index is 11.8. The summed E-state index contributed by atoms with van der Waals surface area (Å²) < 4.78 is 0. The number of carbonyl (C=O) groups is 2. The molecule has 5 heteroatoms. The monoisotopic (exact) mass is 311 g/mol. The molecule has 0 saturated carbocycles. The van der Waals surface area contributed by atoms with E-state index in [0.717, 1.165) is 5.69 Å². The van der Waals surface area contributed by atoms with E-state index in [4.69, 9.17) is 0 Å². The van der Waals surface area contributed by atoms with Gasteiger partial charge in [0.1, 0.15) is 0 Å². The van der Waals surface area contributed by atoms with Gasteiger partial charge in [-0.2, -0.15) is 0 Å². The van der Waals surface area contributed by atoms with E-state index in [1.54, 1.807) is 24.3 Å². The smallest absolute Gasteiger partial charge is 0.251 e. The molecule has 0 atom stereocenters. The molecular formula is C18H21N3O2. The fourth-order valence-electron chi connectivity index (χ4n) is 2.09. The zero-order valence-corrected chi connectivity index (χ0v) is 13.2. The molecule has 2 N–H and O–H groups in total. The molecule has 2 amide bonds. The van der Waals surface area contributed by atoms with Gasteiger partial charge >= 0.3 is 0 Å². The lowest BCUT2D eigenvalue weighted by molar-refractivity contribution is -0.120. The summed E-state index contributed by atoms with van der Waals surface area (Å²) in [5, 5.41) is 5.40. The first-order chi connectivity index (χ1) is 11.2. The van der Waals surface area contributed by atoms with Gasteiger partial charge in [0.15, 0.2) is 0 Å². The summed E-state index contributed by atoms with van der Waals surface area (Å²) in [6.07, 6.45) is 0. The van der Waals surface area contributed by atoms with Crippen molar-refractivity contribution in [1.29, 1.82) is 0 Å². The van der Waals surface area contributed by atoms with E-state index >= 15 is 0 Å². The van der Waals surface area contributed by atoms with Crippen molar-refractivity contribution in [2.45, 2.75) is 0 Å². The highest BCUT2D eigenvalue weighted by molar-refractivity contribution is 5.96. The largest absolute Gasteiger partial charge is 0.373 e. The lowest BCUT2D eigenvalue weighted by Crippen LogP contribution is -2.39. The average Bonchev–Trinajstić information content (AvgIpc) is 2.61. The number of carbonyl (C=O) groups excluding carboxylic acids is 2. The molecule has 23 heavy (non-hydrogen) atoms. The van der Waals surface area contributed by atoms with Crippen molar-refractivity contribution in [3.05, 3.63) is 66.2 Å². The van der Waals surface area contributed by atoms with Crippen molar-refractivity contribution in [3.63, 3.8) is 0 Å². The number of hydrogen-bond donors (Lipinski definition) is 2. The highest BCUT2D eigenvalue weighted by Gasteiger charge is 2.07. The minimum atomic E-state index is -0.248. The van der Waals surface area contributed by atoms with Gasteiger partial charge in [0, 0.05) is 31.4 Å². The minimum Gasteiger partial charge on any atom is -0.373 e. The van der Waals surface area contributed by atoms with Crippen LogP contribution < -0.4 is 15.5 Å². The van der Waals surface area contributed by atoms with E-state index in [0.29, 0.717) is 18.7 Å². The SMILES string of the molecule is CN(CCNC(=O)CNC(=O)c1ccccc1)c1ccccc1. The van der Waals surface area contributed by atoms with E-state index in [9.17, 15) is 9.59 Å². The van der Waals surface area contributed by atoms with E-state index < -0.39 is 0 Å². The van der Waals surface area contributed by atoms with E-state index in [-0.39, 0.29) is 18.4 Å². The molecule has 0 aliphatic heterocycles. The van der Waals surface area contributed by atoms with Crippen molar-refractivity contribution in [2.24, 2.45) is 0 Å². The average molecular weight is 311 g/mol. The molecule has 2 aromatic rings. The second-order valence-electron chi connectivity index (χ2n) is 5.16. The van der Waals surface area contributed by atoms with Crippen LogP contribution in [0.2, 0.25) is 0 Å². The quantitative estimate of drug-likeness (QED) is 0.818. The second-order valence-corrected chi connectivity index (χ2v) is 5.16. The number of amides is 2. The molecule has 0 aliphatic carbocycles. The normalized spacial score (nSPS) is 9.96. The summed E-state index contributed by atoms with van der Waals surface area (Å²) in [5.74, 6) is -0.446. The maximum Gasteiger partial charge on any atom is 0.251 e. The molecule has 2 aromatic carbocycles. The summed E-state index contributed by atoms with van der Waals surface area (Å²) in [4.78, 5) is 25.6. The van der Waals surface area contributed by atoms with Gasteiger partial charge < -0.3 is 15.5 Å². The third kappa shape index (κ3) is 5.47. The molecule has 120 valence electrons. The van der Waals surface area contributed by atoms with Crippen LogP contribution in [0, 0.1) is 0 Å². The maximum atomic E-state index is 11.8. The fourth-order valence-corrected chi connectivity index (χ4v) is 2.09. The molecule has 0 spiro atoms. The van der Waals surface area contributed by atoms with Crippen molar-refractivity contribution < 1.29 is 9.59 Å². The second kappa shape index (κ2) is 8.58. The Bertz CT molecular complexity index is 629. The van der Waals surface area contributed by atoms with Crippen LogP contribution in [-0.2, 0) is 4.79 Å². The molecule has 0 fully saturated rings. The Balaban J connectivity index is 1.66. The van der Waals surface area contributed by atoms with Gasteiger partial charge in [0.2, 0.25) is 5.91 Å². The summed E-state index contributed by atoms with van der Waals surface area (Å²) in [7, 11) is 1.97. The van der Waals surface area contributed by atoms with Crippen molar-refractivity contribution in [2.75, 3.05) is 31.6 Å². The minimum absolute atomic E-state index is 0.0250. The van der Waals surface area contributed by atoms with Crippen molar-refractivity contribution >= 4 is 17.5 Å². The number of anilines is 1.